The van der Waals surface area contributed by atoms with Crippen LogP contribution in [0.15, 0.2) is 66.2 Å². The largest absolute Gasteiger partial charge is 0.433 e. The first kappa shape index (κ1) is 22.1. The van der Waals surface area contributed by atoms with Gasteiger partial charge in [-0.15, -0.1) is 0 Å². The molecule has 0 saturated heterocycles. The Morgan fingerprint density at radius 3 is 2.40 bits per heavy atom. The van der Waals surface area contributed by atoms with E-state index in [0.29, 0.717) is 19.2 Å². The van der Waals surface area contributed by atoms with E-state index in [1.807, 2.05) is 24.6 Å². The van der Waals surface area contributed by atoms with Crippen molar-refractivity contribution in [2.24, 2.45) is 4.99 Å². The topological polar surface area (TPSA) is 39.4 Å². The Kier molecular flexibility index (Phi) is 6.70. The molecule has 1 heterocycles. The molecule has 0 fully saturated rings. The Morgan fingerprint density at radius 2 is 1.80 bits per heavy atom. The van der Waals surface area contributed by atoms with Crippen LogP contribution in [0.25, 0.3) is 5.70 Å². The molecule has 0 atom stereocenters. The molecule has 0 amide bonds. The van der Waals surface area contributed by atoms with Crippen molar-refractivity contribution in [3.63, 3.8) is 0 Å². The van der Waals surface area contributed by atoms with Crippen molar-refractivity contribution < 1.29 is 13.5 Å². The molecule has 156 valence electrons. The molecule has 0 saturated carbocycles. The molecule has 0 aliphatic rings. The van der Waals surface area contributed by atoms with Crippen molar-refractivity contribution in [2.45, 2.75) is 33.4 Å². The summed E-state index contributed by atoms with van der Waals surface area (Å²) in [7, 11) is 0. The first-order valence-electron chi connectivity index (χ1n) is 9.31. The Balaban J connectivity index is 1.73. The van der Waals surface area contributed by atoms with Gasteiger partial charge in [-0.2, -0.15) is 13.9 Å². The molecule has 0 aliphatic carbocycles. The van der Waals surface area contributed by atoms with E-state index in [4.69, 9.17) is 0 Å². The van der Waals surface area contributed by atoms with Crippen LogP contribution in [0.1, 0.15) is 36.4 Å². The number of alkyl halides is 2. The zero-order valence-electron chi connectivity index (χ0n) is 17.0. The van der Waals surface area contributed by atoms with Crippen LogP contribution in [0.2, 0.25) is 0 Å². The maximum absolute atomic E-state index is 12.9. The van der Waals surface area contributed by atoms with Crippen LogP contribution >= 0.6 is 22.6 Å². The molecule has 0 spiro atoms. The van der Waals surface area contributed by atoms with Crippen LogP contribution in [0.3, 0.4) is 0 Å². The highest BCUT2D eigenvalue weighted by Gasteiger charge is 2.22. The van der Waals surface area contributed by atoms with Crippen LogP contribution < -0.4 is 4.74 Å². The summed E-state index contributed by atoms with van der Waals surface area (Å²) in [6, 6.07) is 16.6. The Morgan fingerprint density at radius 1 is 1.17 bits per heavy atom. The molecule has 1 aromatic heterocycles. The fourth-order valence-corrected chi connectivity index (χ4v) is 3.22. The second-order valence-electron chi connectivity index (χ2n) is 7.03. The van der Waals surface area contributed by atoms with Crippen LogP contribution in [-0.4, -0.2) is 21.6 Å². The molecule has 0 radical (unpaired) electrons. The maximum Gasteiger partial charge on any atom is 0.394 e. The first-order valence-corrected chi connectivity index (χ1v) is 10.4. The number of hydrogen-bond donors (Lipinski definition) is 0. The van der Waals surface area contributed by atoms with E-state index in [2.05, 4.69) is 68.3 Å². The molecule has 3 aromatic rings. The van der Waals surface area contributed by atoms with E-state index in [1.165, 1.54) is 21.3 Å². The third kappa shape index (κ3) is 5.98. The number of ether oxygens (including phenoxy) is 1. The zero-order chi connectivity index (χ0) is 21.9. The monoisotopic (exact) mass is 521 g/mol. The summed E-state index contributed by atoms with van der Waals surface area (Å²) >= 11 is 2.28. The third-order valence-corrected chi connectivity index (χ3v) is 5.10. The number of aliphatic imine (C=N–C) groups is 1. The highest BCUT2D eigenvalue weighted by molar-refractivity contribution is 14.1. The lowest BCUT2D eigenvalue weighted by molar-refractivity contribution is -0.158. The highest BCUT2D eigenvalue weighted by Crippen LogP contribution is 2.24. The van der Waals surface area contributed by atoms with Crippen molar-refractivity contribution in [2.75, 3.05) is 0 Å². The summed E-state index contributed by atoms with van der Waals surface area (Å²) in [5, 5.41) is 4.67. The van der Waals surface area contributed by atoms with Crippen molar-refractivity contribution in [3.05, 3.63) is 87.3 Å². The molecule has 7 heteroatoms. The van der Waals surface area contributed by atoms with E-state index in [0.717, 1.165) is 22.7 Å². The fraction of sp³-hybridized carbons (Fsp3) is 0.217. The number of benzene rings is 2. The average molecular weight is 521 g/mol. The van der Waals surface area contributed by atoms with Gasteiger partial charge in [0.25, 0.3) is 0 Å². The molecular weight excluding hydrogens is 499 g/mol. The van der Waals surface area contributed by atoms with Crippen molar-refractivity contribution >= 4 is 34.0 Å². The van der Waals surface area contributed by atoms with Crippen LogP contribution in [0.4, 0.5) is 8.78 Å². The molecule has 0 N–H and O–H groups in total. The molecule has 4 nitrogen and oxygen atoms in total. The minimum absolute atomic E-state index is 0.0877. The smallest absolute Gasteiger partial charge is 0.394 e. The average Bonchev–Trinajstić information content (AvgIpc) is 3.03. The van der Waals surface area contributed by atoms with E-state index in [1.54, 1.807) is 12.1 Å². The van der Waals surface area contributed by atoms with Gasteiger partial charge in [-0.3, -0.25) is 9.67 Å². The lowest BCUT2D eigenvalue weighted by Gasteiger charge is -2.13. The summed E-state index contributed by atoms with van der Waals surface area (Å²) < 4.78 is 33.6. The summed E-state index contributed by atoms with van der Waals surface area (Å²) in [6.45, 7) is 9.25. The lowest BCUT2D eigenvalue weighted by Crippen LogP contribution is -2.18. The van der Waals surface area contributed by atoms with Crippen molar-refractivity contribution in [3.8, 4) is 5.75 Å². The summed E-state index contributed by atoms with van der Waals surface area (Å²) in [5.74, 6) is 0.0877. The molecule has 3 rings (SSSR count). The highest BCUT2D eigenvalue weighted by atomic mass is 127. The summed E-state index contributed by atoms with van der Waals surface area (Å²) in [6.07, 6.45) is -3.22. The van der Waals surface area contributed by atoms with Crippen LogP contribution in [0.5, 0.6) is 5.75 Å². The molecule has 30 heavy (non-hydrogen) atoms. The van der Waals surface area contributed by atoms with Gasteiger partial charge in [-0.25, -0.2) is 0 Å². The van der Waals surface area contributed by atoms with E-state index >= 15 is 0 Å². The second-order valence-corrected chi connectivity index (χ2v) is 8.28. The number of hydrogen-bond acceptors (Lipinski definition) is 3. The predicted molar refractivity (Wildman–Crippen MR) is 124 cm³/mol. The summed E-state index contributed by atoms with van der Waals surface area (Å²) in [5.41, 5.74) is 4.94. The van der Waals surface area contributed by atoms with Crippen molar-refractivity contribution in [1.29, 1.82) is 0 Å². The normalized spacial score (nSPS) is 12.1. The van der Waals surface area contributed by atoms with Crippen molar-refractivity contribution in [1.82, 2.24) is 9.78 Å². The second kappa shape index (κ2) is 9.07. The van der Waals surface area contributed by atoms with Crippen LogP contribution in [0, 0.1) is 10.5 Å². The number of aromatic nitrogens is 2. The van der Waals surface area contributed by atoms with E-state index in [9.17, 15) is 8.78 Å². The predicted octanol–water partition coefficient (Wildman–Crippen LogP) is 6.32. The standard InChI is InChI=1S/C23H22F2IN3O/c1-15-13-22(28-29(15)14-18-5-9-20(26)10-6-18)17(3)27-16(2)19-7-11-21(12-8-19)30-23(4,24)25/h5-13H,2,14H2,1,3-4H3/b27-17+. The fourth-order valence-electron chi connectivity index (χ4n) is 2.86. The maximum atomic E-state index is 12.9. The van der Waals surface area contributed by atoms with E-state index in [-0.39, 0.29) is 5.75 Å². The Labute approximate surface area is 188 Å². The minimum atomic E-state index is -3.22. The van der Waals surface area contributed by atoms with Gasteiger partial charge in [0.1, 0.15) is 11.4 Å². The lowest BCUT2D eigenvalue weighted by atomic mass is 10.1. The Hall–Kier alpha value is -2.55. The van der Waals surface area contributed by atoms with Gasteiger partial charge in [0.2, 0.25) is 0 Å². The third-order valence-electron chi connectivity index (χ3n) is 4.38. The van der Waals surface area contributed by atoms with Gasteiger partial charge in [0.15, 0.2) is 0 Å². The van der Waals surface area contributed by atoms with Gasteiger partial charge in [0, 0.05) is 16.2 Å². The number of halogens is 3. The molecule has 0 bridgehead atoms. The minimum Gasteiger partial charge on any atom is -0.433 e. The quantitative estimate of drug-likeness (QED) is 0.270. The first-order chi connectivity index (χ1) is 14.1. The summed E-state index contributed by atoms with van der Waals surface area (Å²) in [4.78, 5) is 4.55. The molecule has 0 aliphatic heterocycles. The number of rotatable bonds is 7. The van der Waals surface area contributed by atoms with Gasteiger partial charge in [-0.1, -0.05) is 18.7 Å². The molecule has 0 unspecified atom stereocenters. The number of aryl methyl sites for hydroxylation is 1. The molecular formula is C23H22F2IN3O. The van der Waals surface area contributed by atoms with Gasteiger partial charge in [-0.05, 0) is 90.0 Å². The van der Waals surface area contributed by atoms with Crippen LogP contribution in [-0.2, 0) is 6.54 Å². The van der Waals surface area contributed by atoms with E-state index < -0.39 is 6.11 Å². The Bertz CT molecular complexity index is 1070. The zero-order valence-corrected chi connectivity index (χ0v) is 19.2. The van der Waals surface area contributed by atoms with Gasteiger partial charge >= 0.3 is 6.11 Å². The SMILES string of the molecule is C=C(/N=C(\C)c1cc(C)n(Cc2ccc(I)cc2)n1)c1ccc(OC(C)(F)F)cc1. The number of nitrogens with zero attached hydrogens (tertiary/aromatic N) is 3. The van der Waals surface area contributed by atoms with Gasteiger partial charge in [0.05, 0.1) is 18.0 Å². The molecule has 2 aromatic carbocycles. The van der Waals surface area contributed by atoms with Gasteiger partial charge < -0.3 is 4.74 Å².